The summed E-state index contributed by atoms with van der Waals surface area (Å²) in [7, 11) is 4.07. The summed E-state index contributed by atoms with van der Waals surface area (Å²) in [5.41, 5.74) is 5.71. The van der Waals surface area contributed by atoms with E-state index in [1.165, 1.54) is 11.1 Å². The highest BCUT2D eigenvalue weighted by Crippen LogP contribution is 2.43. The summed E-state index contributed by atoms with van der Waals surface area (Å²) in [6, 6.07) is 16.9. The Morgan fingerprint density at radius 1 is 1.06 bits per heavy atom. The van der Waals surface area contributed by atoms with Gasteiger partial charge in [0.15, 0.2) is 0 Å². The molecule has 2 aliphatic carbocycles. The lowest BCUT2D eigenvalue weighted by Crippen LogP contribution is -2.41. The molecular formula is C31H40N2O3. The molecular weight excluding hydrogens is 448 g/mol. The lowest BCUT2D eigenvalue weighted by molar-refractivity contribution is -0.124. The lowest BCUT2D eigenvalue weighted by Gasteiger charge is -2.38. The Bertz CT molecular complexity index is 1080. The summed E-state index contributed by atoms with van der Waals surface area (Å²) >= 11 is 0. The number of hydrogen-bond donors (Lipinski definition) is 1. The van der Waals surface area contributed by atoms with Crippen LogP contribution in [-0.4, -0.2) is 38.3 Å². The third-order valence-corrected chi connectivity index (χ3v) is 7.47. The molecule has 0 heterocycles. The number of benzene rings is 2. The fourth-order valence-corrected chi connectivity index (χ4v) is 5.39. The van der Waals surface area contributed by atoms with Crippen molar-refractivity contribution in [3.63, 3.8) is 0 Å². The average molecular weight is 489 g/mol. The van der Waals surface area contributed by atoms with Gasteiger partial charge >= 0.3 is 0 Å². The van der Waals surface area contributed by atoms with Gasteiger partial charge in [0.05, 0.1) is 13.2 Å². The van der Waals surface area contributed by atoms with Crippen LogP contribution in [0.25, 0.3) is 0 Å². The first-order valence-electron chi connectivity index (χ1n) is 13.2. The van der Waals surface area contributed by atoms with Crippen LogP contribution < -0.4 is 9.80 Å². The number of amides is 1. The number of hydrogen-bond acceptors (Lipinski definition) is 4. The maximum atomic E-state index is 14.3. The van der Waals surface area contributed by atoms with E-state index in [9.17, 15) is 9.90 Å². The smallest absolute Gasteiger partial charge is 0.231 e. The van der Waals surface area contributed by atoms with Crippen molar-refractivity contribution in [1.29, 1.82) is 0 Å². The highest BCUT2D eigenvalue weighted by molar-refractivity contribution is 5.95. The van der Waals surface area contributed by atoms with E-state index in [1.807, 2.05) is 25.1 Å². The molecule has 2 aliphatic rings. The van der Waals surface area contributed by atoms with Gasteiger partial charge in [0.25, 0.3) is 0 Å². The van der Waals surface area contributed by atoms with Crippen molar-refractivity contribution in [2.45, 2.75) is 52.0 Å². The van der Waals surface area contributed by atoms with Crippen molar-refractivity contribution in [2.75, 3.05) is 37.1 Å². The highest BCUT2D eigenvalue weighted by atomic mass is 16.5. The molecule has 0 bridgehead atoms. The van der Waals surface area contributed by atoms with Gasteiger partial charge in [-0.15, -0.1) is 0 Å². The zero-order chi connectivity index (χ0) is 25.7. The molecule has 0 saturated heterocycles. The first-order chi connectivity index (χ1) is 17.4. The molecule has 0 radical (unpaired) electrons. The second-order valence-electron chi connectivity index (χ2n) is 10.4. The van der Waals surface area contributed by atoms with Crippen LogP contribution in [0.2, 0.25) is 0 Å². The molecule has 1 fully saturated rings. The van der Waals surface area contributed by atoms with Crippen molar-refractivity contribution >= 4 is 17.3 Å². The van der Waals surface area contributed by atoms with E-state index in [-0.39, 0.29) is 31.0 Å². The van der Waals surface area contributed by atoms with E-state index in [1.54, 1.807) is 0 Å². The standard InChI is InChI=1S/C31H40N2O3/c1-22(2)24-13-17-26(18-14-24)33(21-23-11-15-25(16-12-23)32(3)4)31(35)29-9-5-8-28-27(29)7-6-10-30(28)36-20-19-34/h6,10-18,22,27,29,34H,5,7-9,19-21H2,1-4H3. The maximum absolute atomic E-state index is 14.3. The van der Waals surface area contributed by atoms with Crippen molar-refractivity contribution < 1.29 is 14.6 Å². The number of fused-ring (bicyclic) bond motifs is 1. The fourth-order valence-electron chi connectivity index (χ4n) is 5.39. The number of allylic oxidation sites excluding steroid dienone is 3. The number of ether oxygens (including phenoxy) is 1. The first-order valence-corrected chi connectivity index (χ1v) is 13.2. The quantitative estimate of drug-likeness (QED) is 0.467. The van der Waals surface area contributed by atoms with Gasteiger partial charge < -0.3 is 19.6 Å². The minimum absolute atomic E-state index is 0.00952. The highest BCUT2D eigenvalue weighted by Gasteiger charge is 2.38. The fraction of sp³-hybridized carbons (Fsp3) is 0.452. The normalized spacial score (nSPS) is 19.3. The summed E-state index contributed by atoms with van der Waals surface area (Å²) in [6.45, 7) is 5.19. The van der Waals surface area contributed by atoms with Gasteiger partial charge in [-0.1, -0.05) is 44.2 Å². The van der Waals surface area contributed by atoms with Crippen LogP contribution in [0.4, 0.5) is 11.4 Å². The molecule has 2 unspecified atom stereocenters. The monoisotopic (exact) mass is 488 g/mol. The van der Waals surface area contributed by atoms with Crippen molar-refractivity contribution in [2.24, 2.45) is 11.8 Å². The van der Waals surface area contributed by atoms with Crippen LogP contribution in [0.3, 0.4) is 0 Å². The first kappa shape index (κ1) is 26.0. The number of aliphatic hydroxyl groups is 1. The summed E-state index contributed by atoms with van der Waals surface area (Å²) < 4.78 is 5.85. The lowest BCUT2D eigenvalue weighted by atomic mass is 9.71. The van der Waals surface area contributed by atoms with E-state index >= 15 is 0 Å². The SMILES string of the molecule is CC(C)c1ccc(N(Cc2ccc(N(C)C)cc2)C(=O)C2CCCC3=C(OCCO)C=CCC32)cc1. The van der Waals surface area contributed by atoms with E-state index in [0.29, 0.717) is 12.5 Å². The molecule has 4 rings (SSSR count). The number of rotatable bonds is 9. The van der Waals surface area contributed by atoms with Crippen molar-refractivity contribution in [3.05, 3.63) is 83.1 Å². The molecule has 1 amide bonds. The van der Waals surface area contributed by atoms with Crippen LogP contribution in [0.15, 0.2) is 72.0 Å². The van der Waals surface area contributed by atoms with Gasteiger partial charge in [-0.3, -0.25) is 4.79 Å². The van der Waals surface area contributed by atoms with E-state index in [2.05, 4.69) is 73.4 Å². The molecule has 1 N–H and O–H groups in total. The minimum atomic E-state index is -0.0859. The summed E-state index contributed by atoms with van der Waals surface area (Å²) in [6.07, 6.45) is 7.80. The number of aliphatic hydroxyl groups excluding tert-OH is 1. The topological polar surface area (TPSA) is 53.0 Å². The van der Waals surface area contributed by atoms with E-state index in [0.717, 1.165) is 48.4 Å². The molecule has 36 heavy (non-hydrogen) atoms. The van der Waals surface area contributed by atoms with Crippen LogP contribution in [-0.2, 0) is 16.1 Å². The molecule has 0 spiro atoms. The zero-order valence-electron chi connectivity index (χ0n) is 22.1. The Morgan fingerprint density at radius 2 is 1.75 bits per heavy atom. The summed E-state index contributed by atoms with van der Waals surface area (Å²) in [5.74, 6) is 1.54. The van der Waals surface area contributed by atoms with Crippen LogP contribution in [0.5, 0.6) is 0 Å². The predicted octanol–water partition coefficient (Wildman–Crippen LogP) is 6.05. The molecule has 5 heteroatoms. The Hall–Kier alpha value is -3.05. The largest absolute Gasteiger partial charge is 0.491 e. The summed E-state index contributed by atoms with van der Waals surface area (Å²) in [4.78, 5) is 18.3. The molecule has 192 valence electrons. The van der Waals surface area contributed by atoms with Crippen LogP contribution in [0, 0.1) is 11.8 Å². The molecule has 2 atom stereocenters. The van der Waals surface area contributed by atoms with Crippen molar-refractivity contribution in [3.8, 4) is 0 Å². The molecule has 0 aliphatic heterocycles. The Balaban J connectivity index is 1.64. The van der Waals surface area contributed by atoms with E-state index in [4.69, 9.17) is 4.74 Å². The number of nitrogens with zero attached hydrogens (tertiary/aromatic N) is 2. The van der Waals surface area contributed by atoms with Gasteiger partial charge in [-0.25, -0.2) is 0 Å². The predicted molar refractivity (Wildman–Crippen MR) is 147 cm³/mol. The van der Waals surface area contributed by atoms with Crippen LogP contribution in [0.1, 0.15) is 56.6 Å². The van der Waals surface area contributed by atoms with Gasteiger partial charge in [0.1, 0.15) is 12.4 Å². The molecule has 5 nitrogen and oxygen atoms in total. The minimum Gasteiger partial charge on any atom is -0.491 e. The Labute approximate surface area is 216 Å². The molecule has 2 aromatic rings. The number of anilines is 2. The van der Waals surface area contributed by atoms with Gasteiger partial charge in [-0.2, -0.15) is 0 Å². The Morgan fingerprint density at radius 3 is 2.39 bits per heavy atom. The van der Waals surface area contributed by atoms with Gasteiger partial charge in [0.2, 0.25) is 5.91 Å². The molecule has 2 aromatic carbocycles. The maximum Gasteiger partial charge on any atom is 0.231 e. The second kappa shape index (κ2) is 11.8. The number of carbonyl (C=O) groups excluding carboxylic acids is 1. The molecule has 1 saturated carbocycles. The second-order valence-corrected chi connectivity index (χ2v) is 10.4. The van der Waals surface area contributed by atoms with Gasteiger partial charge in [-0.05, 0) is 84.6 Å². The van der Waals surface area contributed by atoms with E-state index < -0.39 is 0 Å². The number of carbonyl (C=O) groups is 1. The third-order valence-electron chi connectivity index (χ3n) is 7.47. The van der Waals surface area contributed by atoms with Gasteiger partial charge in [0, 0.05) is 31.4 Å². The molecule has 0 aromatic heterocycles. The zero-order valence-corrected chi connectivity index (χ0v) is 22.1. The summed E-state index contributed by atoms with van der Waals surface area (Å²) in [5, 5.41) is 9.24. The Kier molecular flexibility index (Phi) is 8.52. The van der Waals surface area contributed by atoms with Crippen LogP contribution >= 0.6 is 0 Å². The average Bonchev–Trinajstić information content (AvgIpc) is 2.90. The third kappa shape index (κ3) is 5.84. The van der Waals surface area contributed by atoms with Crippen molar-refractivity contribution in [1.82, 2.24) is 0 Å².